The van der Waals surface area contributed by atoms with Crippen LogP contribution in [0, 0.1) is 5.92 Å². The van der Waals surface area contributed by atoms with E-state index in [2.05, 4.69) is 57.8 Å². The quantitative estimate of drug-likeness (QED) is 0.340. The molecule has 0 spiro atoms. The Kier molecular flexibility index (Phi) is 8.19. The molecule has 1 aliphatic carbocycles. The first kappa shape index (κ1) is 25.5. The molecule has 2 aliphatic rings. The van der Waals surface area contributed by atoms with Gasteiger partial charge in [-0.25, -0.2) is 0 Å². The predicted molar refractivity (Wildman–Crippen MR) is 155 cm³/mol. The lowest BCUT2D eigenvalue weighted by Crippen LogP contribution is -2.43. The average molecular weight is 516 g/mol. The number of ether oxygens (including phenoxy) is 1. The first-order valence-electron chi connectivity index (χ1n) is 13.6. The molecule has 1 aromatic heterocycles. The molecule has 2 aromatic carbocycles. The molecule has 0 bridgehead atoms. The van der Waals surface area contributed by atoms with Crippen molar-refractivity contribution in [2.45, 2.75) is 57.3 Å². The summed E-state index contributed by atoms with van der Waals surface area (Å²) in [5.41, 5.74) is 1.49. The predicted octanol–water partition coefficient (Wildman–Crippen LogP) is 6.69. The van der Waals surface area contributed by atoms with E-state index in [9.17, 15) is 0 Å². The van der Waals surface area contributed by atoms with Crippen LogP contribution in [0.5, 0.6) is 11.6 Å². The second kappa shape index (κ2) is 11.9. The lowest BCUT2D eigenvalue weighted by Gasteiger charge is -2.38. The summed E-state index contributed by atoms with van der Waals surface area (Å²) in [7, 11) is 0. The highest BCUT2D eigenvalue weighted by molar-refractivity contribution is 7.80. The van der Waals surface area contributed by atoms with Crippen LogP contribution in [-0.2, 0) is 5.41 Å². The van der Waals surface area contributed by atoms with Gasteiger partial charge in [-0.15, -0.1) is 0 Å². The molecule has 5 rings (SSSR count). The third-order valence-corrected chi connectivity index (χ3v) is 7.89. The van der Waals surface area contributed by atoms with Crippen LogP contribution in [-0.4, -0.2) is 34.7 Å². The number of para-hydroxylation sites is 1. The van der Waals surface area contributed by atoms with Crippen molar-refractivity contribution in [2.75, 3.05) is 29.9 Å². The summed E-state index contributed by atoms with van der Waals surface area (Å²) < 4.78 is 6.11. The lowest BCUT2D eigenvalue weighted by atomic mass is 9.69. The van der Waals surface area contributed by atoms with Gasteiger partial charge in [0.2, 0.25) is 11.8 Å². The van der Waals surface area contributed by atoms with Crippen LogP contribution in [0.2, 0.25) is 0 Å². The average Bonchev–Trinajstić information content (AvgIpc) is 2.93. The van der Waals surface area contributed by atoms with E-state index in [1.807, 2.05) is 36.4 Å². The van der Waals surface area contributed by atoms with Gasteiger partial charge >= 0.3 is 0 Å². The van der Waals surface area contributed by atoms with Crippen LogP contribution >= 0.6 is 12.2 Å². The summed E-state index contributed by atoms with van der Waals surface area (Å²) in [4.78, 5) is 11.8. The van der Waals surface area contributed by atoms with E-state index in [1.165, 1.54) is 44.1 Å². The molecule has 194 valence electrons. The Morgan fingerprint density at radius 1 is 1.00 bits per heavy atom. The number of nitrogens with zero attached hydrogens (tertiary/aromatic N) is 3. The SMILES string of the molecule is CC1CCCN(c2cc(Oc3ccccc3)nc(NC(=S)NCC3(c4ccccc4)CCCCC3)n2)C1. The molecule has 2 heterocycles. The maximum Gasteiger partial charge on any atom is 0.234 e. The van der Waals surface area contributed by atoms with Gasteiger partial charge in [0.15, 0.2) is 5.11 Å². The number of benzene rings is 2. The maximum atomic E-state index is 6.11. The van der Waals surface area contributed by atoms with Crippen molar-refractivity contribution in [3.8, 4) is 11.6 Å². The Balaban J connectivity index is 1.33. The molecule has 2 fully saturated rings. The third-order valence-electron chi connectivity index (χ3n) is 7.65. The minimum Gasteiger partial charge on any atom is -0.439 e. The van der Waals surface area contributed by atoms with Gasteiger partial charge in [-0.2, -0.15) is 9.97 Å². The Morgan fingerprint density at radius 2 is 1.73 bits per heavy atom. The van der Waals surface area contributed by atoms with E-state index in [0.717, 1.165) is 37.6 Å². The minimum atomic E-state index is 0.0967. The Labute approximate surface area is 225 Å². The van der Waals surface area contributed by atoms with Gasteiger partial charge < -0.3 is 20.3 Å². The summed E-state index contributed by atoms with van der Waals surface area (Å²) in [6, 6.07) is 22.5. The highest BCUT2D eigenvalue weighted by atomic mass is 32.1. The number of rotatable bonds is 7. The molecule has 1 aliphatic heterocycles. The van der Waals surface area contributed by atoms with E-state index >= 15 is 0 Å². The number of hydrogen-bond acceptors (Lipinski definition) is 5. The highest BCUT2D eigenvalue weighted by Crippen LogP contribution is 2.39. The molecule has 1 atom stereocenters. The fourth-order valence-electron chi connectivity index (χ4n) is 5.67. The lowest BCUT2D eigenvalue weighted by molar-refractivity contribution is 0.292. The second-order valence-electron chi connectivity index (χ2n) is 10.5. The molecule has 37 heavy (non-hydrogen) atoms. The molecule has 0 amide bonds. The van der Waals surface area contributed by atoms with Gasteiger partial charge in [0, 0.05) is 31.1 Å². The van der Waals surface area contributed by atoms with E-state index < -0.39 is 0 Å². The molecule has 1 saturated heterocycles. The van der Waals surface area contributed by atoms with E-state index in [4.69, 9.17) is 21.9 Å². The number of hydrogen-bond donors (Lipinski definition) is 2. The van der Waals surface area contributed by atoms with Crippen LogP contribution in [0.3, 0.4) is 0 Å². The van der Waals surface area contributed by atoms with E-state index in [-0.39, 0.29) is 5.41 Å². The third kappa shape index (κ3) is 6.58. The highest BCUT2D eigenvalue weighted by Gasteiger charge is 2.33. The summed E-state index contributed by atoms with van der Waals surface area (Å²) in [6.45, 7) is 5.04. The zero-order chi connectivity index (χ0) is 25.5. The van der Waals surface area contributed by atoms with Gasteiger partial charge in [0.25, 0.3) is 0 Å². The molecule has 2 N–H and O–H groups in total. The standard InChI is InChI=1S/C30H37N5OS/c1-23-12-11-19-35(21-23)26-20-27(36-25-15-7-3-8-16-25)33-28(32-26)34-29(37)31-22-30(17-9-4-10-18-30)24-13-5-2-6-14-24/h2-3,5-8,13-16,20,23H,4,9-12,17-19,21-22H2,1H3,(H2,31,32,33,34,37). The van der Waals surface area contributed by atoms with Crippen molar-refractivity contribution in [1.82, 2.24) is 15.3 Å². The molecule has 3 aromatic rings. The fraction of sp³-hybridized carbons (Fsp3) is 0.433. The van der Waals surface area contributed by atoms with Crippen molar-refractivity contribution >= 4 is 29.1 Å². The first-order valence-corrected chi connectivity index (χ1v) is 14.0. The molecular formula is C30H37N5OS. The van der Waals surface area contributed by atoms with Gasteiger partial charge in [0.05, 0.1) is 0 Å². The molecule has 6 nitrogen and oxygen atoms in total. The van der Waals surface area contributed by atoms with E-state index in [1.54, 1.807) is 0 Å². The van der Waals surface area contributed by atoms with Crippen molar-refractivity contribution < 1.29 is 4.74 Å². The summed E-state index contributed by atoms with van der Waals surface area (Å²) in [5.74, 6) is 3.20. The summed E-state index contributed by atoms with van der Waals surface area (Å²) >= 11 is 5.74. The topological polar surface area (TPSA) is 62.3 Å². The van der Waals surface area contributed by atoms with Gasteiger partial charge in [0.1, 0.15) is 11.6 Å². The fourth-order valence-corrected chi connectivity index (χ4v) is 5.84. The van der Waals surface area contributed by atoms with Crippen LogP contribution in [0.4, 0.5) is 11.8 Å². The molecule has 7 heteroatoms. The normalized spacial score (nSPS) is 19.2. The Hall–Kier alpha value is -3.19. The zero-order valence-corrected chi connectivity index (χ0v) is 22.5. The Bertz CT molecular complexity index is 1170. The van der Waals surface area contributed by atoms with Crippen LogP contribution < -0.4 is 20.3 Å². The summed E-state index contributed by atoms with van der Waals surface area (Å²) in [5, 5.41) is 7.30. The maximum absolute atomic E-state index is 6.11. The second-order valence-corrected chi connectivity index (χ2v) is 10.9. The monoisotopic (exact) mass is 515 g/mol. The van der Waals surface area contributed by atoms with Crippen molar-refractivity contribution in [1.29, 1.82) is 0 Å². The minimum absolute atomic E-state index is 0.0967. The van der Waals surface area contributed by atoms with Crippen molar-refractivity contribution in [2.24, 2.45) is 5.92 Å². The molecule has 1 saturated carbocycles. The smallest absolute Gasteiger partial charge is 0.234 e. The first-order chi connectivity index (χ1) is 18.1. The van der Waals surface area contributed by atoms with Gasteiger partial charge in [-0.05, 0) is 61.5 Å². The largest absolute Gasteiger partial charge is 0.439 e. The number of anilines is 2. The van der Waals surface area contributed by atoms with Crippen LogP contribution in [0.15, 0.2) is 66.7 Å². The van der Waals surface area contributed by atoms with E-state index in [0.29, 0.717) is 22.9 Å². The number of piperidine rings is 1. The van der Waals surface area contributed by atoms with Gasteiger partial charge in [-0.3, -0.25) is 0 Å². The van der Waals surface area contributed by atoms with Crippen molar-refractivity contribution in [3.63, 3.8) is 0 Å². The molecule has 1 unspecified atom stereocenters. The van der Waals surface area contributed by atoms with Crippen molar-refractivity contribution in [3.05, 3.63) is 72.3 Å². The van der Waals surface area contributed by atoms with Crippen LogP contribution in [0.1, 0.15) is 57.4 Å². The summed E-state index contributed by atoms with van der Waals surface area (Å²) in [6.07, 6.45) is 8.53. The van der Waals surface area contributed by atoms with Gasteiger partial charge in [-0.1, -0.05) is 74.7 Å². The molecule has 0 radical (unpaired) electrons. The number of aromatic nitrogens is 2. The van der Waals surface area contributed by atoms with Crippen LogP contribution in [0.25, 0.3) is 0 Å². The number of thiocarbonyl (C=S) groups is 1. The zero-order valence-electron chi connectivity index (χ0n) is 21.7. The molecular weight excluding hydrogens is 478 g/mol. The number of nitrogens with one attached hydrogen (secondary N) is 2. The Morgan fingerprint density at radius 3 is 2.46 bits per heavy atom.